The first kappa shape index (κ1) is 22.5. The number of nitrogens with zero attached hydrogens (tertiary/aromatic N) is 1. The third-order valence-electron chi connectivity index (χ3n) is 5.19. The zero-order valence-corrected chi connectivity index (χ0v) is 19.5. The van der Waals surface area contributed by atoms with Crippen LogP contribution in [0.2, 0.25) is 0 Å². The molecular formula is C25H22BrN3O4. The fraction of sp³-hybridized carbons (Fsp3) is 0.160. The van der Waals surface area contributed by atoms with Gasteiger partial charge in [0.1, 0.15) is 11.8 Å². The van der Waals surface area contributed by atoms with Crippen LogP contribution in [-0.2, 0) is 9.59 Å². The summed E-state index contributed by atoms with van der Waals surface area (Å²) < 4.78 is 6.39. The van der Waals surface area contributed by atoms with Gasteiger partial charge in [0.2, 0.25) is 11.8 Å². The zero-order valence-electron chi connectivity index (χ0n) is 17.9. The molecule has 0 spiro atoms. The molecule has 0 saturated carbocycles. The maximum absolute atomic E-state index is 13.5. The Bertz CT molecular complexity index is 1200. The van der Waals surface area contributed by atoms with Crippen molar-refractivity contribution in [3.05, 3.63) is 82.8 Å². The zero-order chi connectivity index (χ0) is 23.4. The predicted octanol–water partition coefficient (Wildman–Crippen LogP) is 4.84. The molecule has 1 aliphatic heterocycles. The second kappa shape index (κ2) is 9.87. The Morgan fingerprint density at radius 3 is 2.48 bits per heavy atom. The Kier molecular flexibility index (Phi) is 6.74. The van der Waals surface area contributed by atoms with Crippen LogP contribution in [0.1, 0.15) is 23.7 Å². The quantitative estimate of drug-likeness (QED) is 0.499. The number of amides is 3. The Labute approximate surface area is 199 Å². The molecule has 8 heteroatoms. The molecule has 0 saturated heterocycles. The number of carbonyl (C=O) groups is 3. The van der Waals surface area contributed by atoms with Gasteiger partial charge < -0.3 is 15.4 Å². The number of halogens is 1. The van der Waals surface area contributed by atoms with Gasteiger partial charge in [-0.3, -0.25) is 19.3 Å². The van der Waals surface area contributed by atoms with Crippen LogP contribution in [0, 0.1) is 0 Å². The Hall–Kier alpha value is -3.65. The molecule has 2 N–H and O–H groups in total. The van der Waals surface area contributed by atoms with E-state index in [1.54, 1.807) is 66.7 Å². The highest BCUT2D eigenvalue weighted by Crippen LogP contribution is 2.34. The van der Waals surface area contributed by atoms with Crippen LogP contribution in [0.15, 0.2) is 77.3 Å². The standard InChI is InChI=1S/C25H22BrN3O4/c1-2-33-22-10-6-4-8-19(22)27-23(30)15-21-24(31)28-18-7-3-5-9-20(18)29(21)25(32)16-11-13-17(26)14-12-16/h3-14,21H,2,15H2,1H3,(H,27,30)(H,28,31)/t21-/m1/s1. The maximum atomic E-state index is 13.5. The van der Waals surface area contributed by atoms with Gasteiger partial charge in [0, 0.05) is 10.0 Å². The van der Waals surface area contributed by atoms with Crippen molar-refractivity contribution in [1.29, 1.82) is 0 Å². The van der Waals surface area contributed by atoms with E-state index in [1.807, 2.05) is 13.0 Å². The van der Waals surface area contributed by atoms with E-state index in [-0.39, 0.29) is 12.3 Å². The molecule has 0 bridgehead atoms. The van der Waals surface area contributed by atoms with Crippen LogP contribution >= 0.6 is 15.9 Å². The van der Waals surface area contributed by atoms with E-state index in [9.17, 15) is 14.4 Å². The first-order chi connectivity index (χ1) is 16.0. The minimum Gasteiger partial charge on any atom is -0.492 e. The van der Waals surface area contributed by atoms with Crippen molar-refractivity contribution in [1.82, 2.24) is 0 Å². The smallest absolute Gasteiger partial charge is 0.259 e. The molecule has 1 atom stereocenters. The molecule has 3 aromatic rings. The number of anilines is 3. The number of nitrogens with one attached hydrogen (secondary N) is 2. The number of hydrogen-bond acceptors (Lipinski definition) is 4. The van der Waals surface area contributed by atoms with E-state index in [2.05, 4.69) is 26.6 Å². The lowest BCUT2D eigenvalue weighted by Crippen LogP contribution is -2.52. The molecule has 168 valence electrons. The largest absolute Gasteiger partial charge is 0.492 e. The first-order valence-electron chi connectivity index (χ1n) is 10.5. The van der Waals surface area contributed by atoms with E-state index in [0.717, 1.165) is 4.47 Å². The summed E-state index contributed by atoms with van der Waals surface area (Å²) in [5.74, 6) is -0.658. The molecule has 7 nitrogen and oxygen atoms in total. The monoisotopic (exact) mass is 507 g/mol. The highest BCUT2D eigenvalue weighted by atomic mass is 79.9. The van der Waals surface area contributed by atoms with Crippen molar-refractivity contribution in [2.75, 3.05) is 22.1 Å². The van der Waals surface area contributed by atoms with Gasteiger partial charge in [-0.2, -0.15) is 0 Å². The van der Waals surface area contributed by atoms with E-state index < -0.39 is 17.9 Å². The van der Waals surface area contributed by atoms with Crippen LogP contribution < -0.4 is 20.3 Å². The Balaban J connectivity index is 1.64. The van der Waals surface area contributed by atoms with E-state index >= 15 is 0 Å². The third kappa shape index (κ3) is 4.90. The van der Waals surface area contributed by atoms with E-state index in [4.69, 9.17) is 4.74 Å². The lowest BCUT2D eigenvalue weighted by Gasteiger charge is -2.36. The summed E-state index contributed by atoms with van der Waals surface area (Å²) in [4.78, 5) is 40.8. The number of rotatable bonds is 6. The van der Waals surface area contributed by atoms with Gasteiger partial charge in [-0.25, -0.2) is 0 Å². The van der Waals surface area contributed by atoms with Crippen molar-refractivity contribution in [2.24, 2.45) is 0 Å². The maximum Gasteiger partial charge on any atom is 0.259 e. The summed E-state index contributed by atoms with van der Waals surface area (Å²) in [5, 5.41) is 5.62. The summed E-state index contributed by atoms with van der Waals surface area (Å²) in [7, 11) is 0. The Morgan fingerprint density at radius 2 is 1.73 bits per heavy atom. The van der Waals surface area contributed by atoms with Crippen LogP contribution in [0.3, 0.4) is 0 Å². The van der Waals surface area contributed by atoms with Gasteiger partial charge in [-0.1, -0.05) is 40.2 Å². The predicted molar refractivity (Wildman–Crippen MR) is 131 cm³/mol. The number of carbonyl (C=O) groups excluding carboxylic acids is 3. The van der Waals surface area contributed by atoms with Crippen LogP contribution in [0.25, 0.3) is 0 Å². The third-order valence-corrected chi connectivity index (χ3v) is 5.71. The van der Waals surface area contributed by atoms with Gasteiger partial charge in [0.05, 0.1) is 30.1 Å². The fourth-order valence-corrected chi connectivity index (χ4v) is 3.95. The first-order valence-corrected chi connectivity index (χ1v) is 11.3. The minimum atomic E-state index is -1.02. The van der Waals surface area contributed by atoms with E-state index in [1.165, 1.54) is 4.90 Å². The lowest BCUT2D eigenvalue weighted by molar-refractivity contribution is -0.122. The summed E-state index contributed by atoms with van der Waals surface area (Å²) in [5.41, 5.74) is 1.98. The molecule has 0 aliphatic carbocycles. The summed E-state index contributed by atoms with van der Waals surface area (Å²) >= 11 is 3.37. The molecule has 33 heavy (non-hydrogen) atoms. The van der Waals surface area contributed by atoms with Gasteiger partial charge in [0.25, 0.3) is 5.91 Å². The molecular weight excluding hydrogens is 486 g/mol. The normalized spacial score (nSPS) is 14.8. The highest BCUT2D eigenvalue weighted by Gasteiger charge is 2.38. The molecule has 0 radical (unpaired) electrons. The van der Waals surface area contributed by atoms with Crippen molar-refractivity contribution < 1.29 is 19.1 Å². The van der Waals surface area contributed by atoms with Crippen LogP contribution in [0.5, 0.6) is 5.75 Å². The van der Waals surface area contributed by atoms with Gasteiger partial charge in [0.15, 0.2) is 0 Å². The van der Waals surface area contributed by atoms with Gasteiger partial charge in [-0.15, -0.1) is 0 Å². The summed E-state index contributed by atoms with van der Waals surface area (Å²) in [6.45, 7) is 2.30. The number of para-hydroxylation sites is 4. The highest BCUT2D eigenvalue weighted by molar-refractivity contribution is 9.10. The van der Waals surface area contributed by atoms with Crippen molar-refractivity contribution in [2.45, 2.75) is 19.4 Å². The number of ether oxygens (including phenoxy) is 1. The van der Waals surface area contributed by atoms with Crippen molar-refractivity contribution >= 4 is 50.7 Å². The summed E-state index contributed by atoms with van der Waals surface area (Å²) in [6, 6.07) is 20.0. The number of fused-ring (bicyclic) bond motifs is 1. The van der Waals surface area contributed by atoms with E-state index in [0.29, 0.717) is 35.0 Å². The van der Waals surface area contributed by atoms with Gasteiger partial charge >= 0.3 is 0 Å². The fourth-order valence-electron chi connectivity index (χ4n) is 3.69. The molecule has 3 amide bonds. The Morgan fingerprint density at radius 1 is 1.03 bits per heavy atom. The molecule has 0 unspecified atom stereocenters. The second-order valence-corrected chi connectivity index (χ2v) is 8.30. The molecule has 0 aromatic heterocycles. The summed E-state index contributed by atoms with van der Waals surface area (Å²) in [6.07, 6.45) is -0.219. The lowest BCUT2D eigenvalue weighted by atomic mass is 10.0. The van der Waals surface area contributed by atoms with Crippen molar-refractivity contribution in [3.63, 3.8) is 0 Å². The second-order valence-electron chi connectivity index (χ2n) is 7.39. The average Bonchev–Trinajstić information content (AvgIpc) is 2.81. The van der Waals surface area contributed by atoms with Crippen molar-refractivity contribution in [3.8, 4) is 5.75 Å². The molecule has 1 heterocycles. The van der Waals surface area contributed by atoms with Crippen LogP contribution in [-0.4, -0.2) is 30.4 Å². The SMILES string of the molecule is CCOc1ccccc1NC(=O)C[C@@H]1C(=O)Nc2ccccc2N1C(=O)c1ccc(Br)cc1. The van der Waals surface area contributed by atoms with Gasteiger partial charge in [-0.05, 0) is 55.5 Å². The average molecular weight is 508 g/mol. The number of benzene rings is 3. The number of hydrogen-bond donors (Lipinski definition) is 2. The minimum absolute atomic E-state index is 0.219. The molecule has 4 rings (SSSR count). The molecule has 3 aromatic carbocycles. The molecule has 1 aliphatic rings. The molecule has 0 fully saturated rings. The topological polar surface area (TPSA) is 87.7 Å². The van der Waals surface area contributed by atoms with Crippen LogP contribution in [0.4, 0.5) is 17.1 Å².